The Balaban J connectivity index is 1.11. The summed E-state index contributed by atoms with van der Waals surface area (Å²) in [6, 6.07) is 6.16. The molecule has 1 aliphatic rings. The molecule has 6 rings (SSSR count). The van der Waals surface area contributed by atoms with Crippen LogP contribution in [0.5, 0.6) is 5.75 Å². The number of phenolic OH excluding ortho intramolecular Hbond substituents is 1. The molecule has 0 spiro atoms. The summed E-state index contributed by atoms with van der Waals surface area (Å²) < 4.78 is 14.0. The van der Waals surface area contributed by atoms with Gasteiger partial charge in [-0.1, -0.05) is 17.1 Å². The van der Waals surface area contributed by atoms with E-state index in [-0.39, 0.29) is 47.0 Å². The second-order valence-electron chi connectivity index (χ2n) is 10.0. The van der Waals surface area contributed by atoms with Gasteiger partial charge in [0.1, 0.15) is 23.7 Å². The molecule has 0 amide bonds. The van der Waals surface area contributed by atoms with Gasteiger partial charge >= 0.3 is 5.63 Å². The van der Waals surface area contributed by atoms with Gasteiger partial charge in [-0.3, -0.25) is 9.78 Å². The van der Waals surface area contributed by atoms with Crippen molar-refractivity contribution >= 4 is 28.0 Å². The van der Waals surface area contributed by atoms with Gasteiger partial charge in [-0.25, -0.2) is 9.48 Å². The number of nitrogens with two attached hydrogens (primary N) is 1. The fourth-order valence-electron chi connectivity index (χ4n) is 4.99. The predicted octanol–water partition coefficient (Wildman–Crippen LogP) is 1.10. The Morgan fingerprint density at radius 1 is 1.19 bits per heavy atom. The van der Waals surface area contributed by atoms with Crippen molar-refractivity contribution in [2.75, 3.05) is 12.3 Å². The molecule has 5 heterocycles. The first-order chi connectivity index (χ1) is 20.3. The van der Waals surface area contributed by atoms with Gasteiger partial charge in [-0.05, 0) is 37.5 Å². The Kier molecular flexibility index (Phi) is 7.21. The van der Waals surface area contributed by atoms with E-state index in [4.69, 9.17) is 14.9 Å². The lowest BCUT2D eigenvalue weighted by Crippen LogP contribution is -2.24. The quantitative estimate of drug-likeness (QED) is 0.106. The van der Waals surface area contributed by atoms with Crippen molar-refractivity contribution in [2.24, 2.45) is 0 Å². The predicted molar refractivity (Wildman–Crippen MR) is 150 cm³/mol. The molecule has 0 aliphatic carbocycles. The number of nitrogen functional groups attached to an aromatic ring is 1. The average molecular weight is 574 g/mol. The molecule has 1 aliphatic heterocycles. The van der Waals surface area contributed by atoms with Crippen LogP contribution in [-0.2, 0) is 11.2 Å². The van der Waals surface area contributed by atoms with Crippen LogP contribution in [0.4, 0.5) is 5.95 Å². The minimum absolute atomic E-state index is 0.00471. The number of aliphatic hydroxyl groups excluding tert-OH is 2. The van der Waals surface area contributed by atoms with Crippen molar-refractivity contribution in [3.05, 3.63) is 68.7 Å². The highest BCUT2D eigenvalue weighted by Crippen LogP contribution is 2.32. The maximum absolute atomic E-state index is 12.7. The number of aliphatic hydroxyl groups is 2. The maximum Gasteiger partial charge on any atom is 0.362 e. The smallest absolute Gasteiger partial charge is 0.362 e. The first-order valence-corrected chi connectivity index (χ1v) is 13.3. The number of benzene rings is 1. The molecular formula is C28H27N7O7. The number of anilines is 1. The third-order valence-electron chi connectivity index (χ3n) is 7.09. The highest BCUT2D eigenvalue weighted by atomic mass is 16.5. The van der Waals surface area contributed by atoms with Crippen molar-refractivity contribution in [1.82, 2.24) is 29.5 Å². The van der Waals surface area contributed by atoms with E-state index < -0.39 is 29.6 Å². The highest BCUT2D eigenvalue weighted by molar-refractivity contribution is 5.83. The fourth-order valence-corrected chi connectivity index (χ4v) is 4.99. The number of unbranched alkanes of at least 4 members (excludes halogenated alkanes) is 2. The second-order valence-corrected chi connectivity index (χ2v) is 10.0. The Morgan fingerprint density at radius 2 is 2.05 bits per heavy atom. The lowest BCUT2D eigenvalue weighted by molar-refractivity contribution is -0.0430. The van der Waals surface area contributed by atoms with Crippen molar-refractivity contribution in [3.63, 3.8) is 0 Å². The Hall–Kier alpha value is -4.97. The number of hydrogen-bond donors (Lipinski definition) is 5. The Bertz CT molecular complexity index is 1960. The first kappa shape index (κ1) is 27.2. The van der Waals surface area contributed by atoms with Crippen LogP contribution in [-0.4, -0.2) is 63.7 Å². The summed E-state index contributed by atoms with van der Waals surface area (Å²) in [6.45, 7) is -0.332. The lowest BCUT2D eigenvalue weighted by atomic mass is 10.1. The zero-order valence-electron chi connectivity index (χ0n) is 22.2. The summed E-state index contributed by atoms with van der Waals surface area (Å²) in [5.41, 5.74) is 6.68. The van der Waals surface area contributed by atoms with E-state index in [0.29, 0.717) is 29.5 Å². The van der Waals surface area contributed by atoms with Crippen LogP contribution in [0.25, 0.3) is 27.7 Å². The molecule has 0 radical (unpaired) electrons. The Labute approximate surface area is 237 Å². The van der Waals surface area contributed by atoms with Gasteiger partial charge in [0.15, 0.2) is 11.3 Å². The van der Waals surface area contributed by atoms with Crippen LogP contribution in [0.1, 0.15) is 43.2 Å². The van der Waals surface area contributed by atoms with Crippen LogP contribution in [0.2, 0.25) is 0 Å². The molecule has 42 heavy (non-hydrogen) atoms. The second kappa shape index (κ2) is 11.1. The van der Waals surface area contributed by atoms with Gasteiger partial charge < -0.3 is 34.8 Å². The first-order valence-electron chi connectivity index (χ1n) is 13.3. The molecule has 3 atom stereocenters. The zero-order valence-corrected chi connectivity index (χ0v) is 22.2. The molecule has 1 aromatic carbocycles. The molecule has 0 bridgehead atoms. The molecule has 14 heteroatoms. The molecule has 14 nitrogen and oxygen atoms in total. The minimum Gasteiger partial charge on any atom is -0.508 e. The third-order valence-corrected chi connectivity index (χ3v) is 7.09. The van der Waals surface area contributed by atoms with E-state index in [0.717, 1.165) is 12.8 Å². The summed E-state index contributed by atoms with van der Waals surface area (Å²) in [5, 5.41) is 38.3. The molecule has 6 N–H and O–H groups in total. The molecule has 5 aromatic rings. The maximum atomic E-state index is 12.7. The van der Waals surface area contributed by atoms with Gasteiger partial charge in [0.05, 0.1) is 35.6 Å². The van der Waals surface area contributed by atoms with Gasteiger partial charge in [0.2, 0.25) is 5.95 Å². The normalized spacial score (nSPS) is 18.5. The van der Waals surface area contributed by atoms with Crippen molar-refractivity contribution < 1.29 is 24.5 Å². The number of aromatic amines is 1. The summed E-state index contributed by atoms with van der Waals surface area (Å²) in [4.78, 5) is 31.9. The fraction of sp³-hybridized carbons (Fsp3) is 0.321. The van der Waals surface area contributed by atoms with E-state index in [9.17, 15) is 24.9 Å². The highest BCUT2D eigenvalue weighted by Gasteiger charge is 2.35. The summed E-state index contributed by atoms with van der Waals surface area (Å²) in [5.74, 6) is 6.09. The topological polar surface area (TPSA) is 208 Å². The number of H-pyrrole nitrogens is 1. The van der Waals surface area contributed by atoms with Gasteiger partial charge in [0.25, 0.3) is 5.56 Å². The molecule has 0 saturated carbocycles. The lowest BCUT2D eigenvalue weighted by Gasteiger charge is -2.14. The van der Waals surface area contributed by atoms with Crippen LogP contribution in [0.3, 0.4) is 0 Å². The van der Waals surface area contributed by atoms with E-state index in [1.165, 1.54) is 16.8 Å². The number of nitrogens with zero attached hydrogens (tertiary/aromatic N) is 5. The van der Waals surface area contributed by atoms with Crippen molar-refractivity contribution in [1.29, 1.82) is 0 Å². The largest absolute Gasteiger partial charge is 0.508 e. The SMILES string of the molecule is Nc1nc2c(c(C#CCCCCc3cn(-c4cc5ccc(O)cc5oc4=O)nn3)cn2[C@H]2C[C@H](O)[C@@H](CO)O2)c(=O)[nH]1. The number of aromatic nitrogens is 6. The monoisotopic (exact) mass is 573 g/mol. The number of phenols is 1. The van der Waals surface area contributed by atoms with E-state index in [1.54, 1.807) is 29.1 Å². The van der Waals surface area contributed by atoms with Crippen LogP contribution in [0.15, 0.2) is 50.7 Å². The Morgan fingerprint density at radius 3 is 2.86 bits per heavy atom. The summed E-state index contributed by atoms with van der Waals surface area (Å²) >= 11 is 0. The molecular weight excluding hydrogens is 546 g/mol. The standard InChI is InChI=1S/C28H27N7O7/c29-28-30-25-24(26(39)31-28)16(12-34(25)23-11-20(38)22(14-36)41-23)5-3-1-2-4-6-17-13-35(33-32-17)19-9-15-7-8-18(37)10-21(15)42-27(19)40/h7-10,12-13,20,22-23,36-38H,1-2,4,6,11,14H2,(H3,29,30,31,39)/t20-,22+,23+/m0/s1. The molecule has 1 saturated heterocycles. The average Bonchev–Trinajstić information content (AvgIpc) is 3.67. The van der Waals surface area contributed by atoms with E-state index in [1.807, 2.05) is 0 Å². The van der Waals surface area contributed by atoms with Gasteiger partial charge in [-0.15, -0.1) is 5.10 Å². The van der Waals surface area contributed by atoms with Crippen molar-refractivity contribution in [2.45, 2.75) is 50.5 Å². The summed E-state index contributed by atoms with van der Waals surface area (Å²) in [7, 11) is 0. The number of rotatable bonds is 7. The molecule has 1 fully saturated rings. The number of aryl methyl sites for hydroxylation is 1. The third kappa shape index (κ3) is 5.23. The van der Waals surface area contributed by atoms with Gasteiger partial charge in [0, 0.05) is 30.5 Å². The van der Waals surface area contributed by atoms with Crippen molar-refractivity contribution in [3.8, 4) is 23.3 Å². The van der Waals surface area contributed by atoms with E-state index in [2.05, 4.69) is 32.1 Å². The van der Waals surface area contributed by atoms with Crippen LogP contribution >= 0.6 is 0 Å². The number of hydrogen-bond acceptors (Lipinski definition) is 11. The molecule has 4 aromatic heterocycles. The number of fused-ring (bicyclic) bond motifs is 2. The van der Waals surface area contributed by atoms with Crippen LogP contribution in [0, 0.1) is 11.8 Å². The van der Waals surface area contributed by atoms with E-state index >= 15 is 0 Å². The minimum atomic E-state index is -0.853. The summed E-state index contributed by atoms with van der Waals surface area (Å²) in [6.07, 6.45) is 4.00. The van der Waals surface area contributed by atoms with Gasteiger partial charge in [-0.2, -0.15) is 4.98 Å². The molecule has 0 unspecified atom stereocenters. The van der Waals surface area contributed by atoms with Crippen LogP contribution < -0.4 is 16.9 Å². The molecule has 216 valence electrons. The zero-order chi connectivity index (χ0) is 29.4. The number of aromatic hydroxyl groups is 1. The number of nitrogens with one attached hydrogen (secondary N) is 1. The number of ether oxygens (including phenoxy) is 1.